The van der Waals surface area contributed by atoms with Gasteiger partial charge in [0.05, 0.1) is 10.5 Å². The maximum Gasteiger partial charge on any atom is 0.416 e. The lowest BCUT2D eigenvalue weighted by atomic mass is 10.0. The lowest BCUT2D eigenvalue weighted by Crippen LogP contribution is -2.13. The molecule has 2 aromatic carbocycles. The van der Waals surface area contributed by atoms with Gasteiger partial charge in [-0.2, -0.15) is 21.6 Å². The standard InChI is InChI=1S/C18H15F3O3S/c1-3-4-17(14-7-9-15(10-8-14)18(19,20)21)24-25(22,23)16-11-5-13(2)6-12-16/h1,5-12,17H,4H2,2H3. The molecule has 132 valence electrons. The Kier molecular flexibility index (Phi) is 5.55. The Balaban J connectivity index is 2.29. The maximum atomic E-state index is 12.6. The Morgan fingerprint density at radius 3 is 2.12 bits per heavy atom. The van der Waals surface area contributed by atoms with Crippen LogP contribution >= 0.6 is 0 Å². The van der Waals surface area contributed by atoms with Gasteiger partial charge in [0.15, 0.2) is 0 Å². The molecule has 0 amide bonds. The highest BCUT2D eigenvalue weighted by Crippen LogP contribution is 2.32. The Morgan fingerprint density at radius 1 is 1.08 bits per heavy atom. The van der Waals surface area contributed by atoms with Crippen molar-refractivity contribution in [3.05, 3.63) is 65.2 Å². The van der Waals surface area contributed by atoms with E-state index in [0.29, 0.717) is 0 Å². The van der Waals surface area contributed by atoms with Crippen molar-refractivity contribution in [1.82, 2.24) is 0 Å². The maximum absolute atomic E-state index is 12.6. The summed E-state index contributed by atoms with van der Waals surface area (Å²) in [6, 6.07) is 10.1. The van der Waals surface area contributed by atoms with Gasteiger partial charge >= 0.3 is 6.18 Å². The zero-order valence-corrected chi connectivity index (χ0v) is 14.1. The van der Waals surface area contributed by atoms with Crippen LogP contribution < -0.4 is 0 Å². The van der Waals surface area contributed by atoms with E-state index in [0.717, 1.165) is 29.8 Å². The molecule has 7 heteroatoms. The van der Waals surface area contributed by atoms with Crippen LogP contribution in [0.25, 0.3) is 0 Å². The monoisotopic (exact) mass is 368 g/mol. The molecule has 1 atom stereocenters. The molecular weight excluding hydrogens is 353 g/mol. The highest BCUT2D eigenvalue weighted by molar-refractivity contribution is 7.86. The molecule has 2 aromatic rings. The Hall–Kier alpha value is -2.30. The third-order valence-electron chi connectivity index (χ3n) is 3.47. The van der Waals surface area contributed by atoms with Gasteiger partial charge in [-0.25, -0.2) is 0 Å². The van der Waals surface area contributed by atoms with Crippen molar-refractivity contribution in [1.29, 1.82) is 0 Å². The van der Waals surface area contributed by atoms with Crippen LogP contribution in [0.15, 0.2) is 53.4 Å². The fourth-order valence-electron chi connectivity index (χ4n) is 2.11. The van der Waals surface area contributed by atoms with Gasteiger partial charge in [-0.3, -0.25) is 4.18 Å². The largest absolute Gasteiger partial charge is 0.416 e. The number of alkyl halides is 3. The molecule has 0 fully saturated rings. The first-order valence-electron chi connectivity index (χ1n) is 7.24. The van der Waals surface area contributed by atoms with Gasteiger partial charge in [0, 0.05) is 6.42 Å². The summed E-state index contributed by atoms with van der Waals surface area (Å²) in [6.45, 7) is 1.81. The van der Waals surface area contributed by atoms with Crippen LogP contribution in [0.1, 0.15) is 29.2 Å². The van der Waals surface area contributed by atoms with Crippen LogP contribution in [0.3, 0.4) is 0 Å². The Labute approximate surface area is 144 Å². The second-order valence-electron chi connectivity index (χ2n) is 5.38. The van der Waals surface area contributed by atoms with Gasteiger partial charge < -0.3 is 0 Å². The first-order chi connectivity index (χ1) is 11.6. The van der Waals surface area contributed by atoms with E-state index in [1.54, 1.807) is 19.1 Å². The highest BCUT2D eigenvalue weighted by Gasteiger charge is 2.30. The first-order valence-corrected chi connectivity index (χ1v) is 8.65. The third-order valence-corrected chi connectivity index (χ3v) is 4.80. The van der Waals surface area contributed by atoms with Crippen LogP contribution in [0, 0.1) is 19.3 Å². The van der Waals surface area contributed by atoms with Gasteiger partial charge in [-0.15, -0.1) is 12.3 Å². The van der Waals surface area contributed by atoms with Crippen molar-refractivity contribution in [2.24, 2.45) is 0 Å². The van der Waals surface area contributed by atoms with E-state index in [1.165, 1.54) is 12.1 Å². The summed E-state index contributed by atoms with van der Waals surface area (Å²) in [4.78, 5) is -0.0490. The van der Waals surface area contributed by atoms with Crippen LogP contribution in [0.2, 0.25) is 0 Å². The van der Waals surface area contributed by atoms with E-state index in [9.17, 15) is 21.6 Å². The summed E-state index contributed by atoms with van der Waals surface area (Å²) in [5.74, 6) is 2.28. The highest BCUT2D eigenvalue weighted by atomic mass is 32.2. The quantitative estimate of drug-likeness (QED) is 0.577. The van der Waals surface area contributed by atoms with E-state index in [1.807, 2.05) is 0 Å². The summed E-state index contributed by atoms with van der Waals surface area (Å²) in [7, 11) is -4.10. The van der Waals surface area contributed by atoms with Crippen LogP contribution in [-0.2, 0) is 20.5 Å². The van der Waals surface area contributed by atoms with Crippen molar-refractivity contribution in [2.75, 3.05) is 0 Å². The topological polar surface area (TPSA) is 43.4 Å². The summed E-state index contributed by atoms with van der Waals surface area (Å²) >= 11 is 0. The lowest BCUT2D eigenvalue weighted by Gasteiger charge is -2.17. The summed E-state index contributed by atoms with van der Waals surface area (Å²) in [6.07, 6.45) is -0.410. The minimum atomic E-state index is -4.48. The number of halogens is 3. The fourth-order valence-corrected chi connectivity index (χ4v) is 3.18. The number of hydrogen-bond donors (Lipinski definition) is 0. The molecule has 0 heterocycles. The molecule has 0 saturated heterocycles. The minimum absolute atomic E-state index is 0.0490. The molecule has 0 N–H and O–H groups in total. The van der Waals surface area contributed by atoms with Crippen molar-refractivity contribution in [3.63, 3.8) is 0 Å². The normalized spacial score (nSPS) is 13.2. The van der Waals surface area contributed by atoms with E-state index in [2.05, 4.69) is 5.92 Å². The number of benzene rings is 2. The first kappa shape index (κ1) is 19.0. The van der Waals surface area contributed by atoms with Gasteiger partial charge in [0.1, 0.15) is 6.10 Å². The predicted octanol–water partition coefficient (Wildman–Crippen LogP) is 4.48. The second kappa shape index (κ2) is 7.30. The predicted molar refractivity (Wildman–Crippen MR) is 87.1 cm³/mol. The summed E-state index contributed by atoms with van der Waals surface area (Å²) in [5, 5.41) is 0. The zero-order chi connectivity index (χ0) is 18.7. The van der Waals surface area contributed by atoms with E-state index in [4.69, 9.17) is 10.6 Å². The van der Waals surface area contributed by atoms with E-state index < -0.39 is 28.0 Å². The second-order valence-corrected chi connectivity index (χ2v) is 6.95. The minimum Gasteiger partial charge on any atom is -0.257 e. The number of terminal acetylenes is 1. The Morgan fingerprint density at radius 2 is 1.64 bits per heavy atom. The van der Waals surface area contributed by atoms with E-state index in [-0.39, 0.29) is 16.9 Å². The van der Waals surface area contributed by atoms with Crippen LogP contribution in [-0.4, -0.2) is 8.42 Å². The zero-order valence-electron chi connectivity index (χ0n) is 13.2. The van der Waals surface area contributed by atoms with Gasteiger partial charge in [0.25, 0.3) is 10.1 Å². The number of rotatable bonds is 5. The molecule has 1 unspecified atom stereocenters. The van der Waals surface area contributed by atoms with Crippen molar-refractivity contribution in [2.45, 2.75) is 30.5 Å². The molecule has 25 heavy (non-hydrogen) atoms. The average molecular weight is 368 g/mol. The summed E-state index contributed by atoms with van der Waals surface area (Å²) < 4.78 is 67.8. The van der Waals surface area contributed by atoms with Crippen molar-refractivity contribution < 1.29 is 25.8 Å². The Bertz CT molecular complexity index is 862. The molecule has 0 radical (unpaired) electrons. The summed E-state index contributed by atoms with van der Waals surface area (Å²) in [5.41, 5.74) is 0.292. The molecule has 3 nitrogen and oxygen atoms in total. The number of hydrogen-bond acceptors (Lipinski definition) is 3. The molecule has 0 aromatic heterocycles. The van der Waals surface area contributed by atoms with Crippen LogP contribution in [0.5, 0.6) is 0 Å². The molecule has 0 bridgehead atoms. The molecule has 2 rings (SSSR count). The molecule has 0 aliphatic rings. The van der Waals surface area contributed by atoms with E-state index >= 15 is 0 Å². The average Bonchev–Trinajstić information content (AvgIpc) is 2.54. The van der Waals surface area contributed by atoms with Crippen molar-refractivity contribution >= 4 is 10.1 Å². The molecular formula is C18H15F3O3S. The lowest BCUT2D eigenvalue weighted by molar-refractivity contribution is -0.137. The van der Waals surface area contributed by atoms with Crippen molar-refractivity contribution in [3.8, 4) is 12.3 Å². The smallest absolute Gasteiger partial charge is 0.257 e. The molecule has 0 spiro atoms. The van der Waals surface area contributed by atoms with Gasteiger partial charge in [-0.1, -0.05) is 29.8 Å². The molecule has 0 aliphatic heterocycles. The van der Waals surface area contributed by atoms with Gasteiger partial charge in [-0.05, 0) is 36.8 Å². The third kappa shape index (κ3) is 4.84. The van der Waals surface area contributed by atoms with Gasteiger partial charge in [0.2, 0.25) is 0 Å². The fraction of sp³-hybridized carbons (Fsp3) is 0.222. The molecule has 0 aliphatic carbocycles. The molecule has 0 saturated carbocycles. The van der Waals surface area contributed by atoms with Crippen LogP contribution in [0.4, 0.5) is 13.2 Å². The number of aryl methyl sites for hydroxylation is 1. The SMILES string of the molecule is C#CCC(OS(=O)(=O)c1ccc(C)cc1)c1ccc(C(F)(F)F)cc1.